The fraction of sp³-hybridized carbons (Fsp3) is 0.364. The molecule has 1 saturated heterocycles. The van der Waals surface area contributed by atoms with Crippen LogP contribution in [0.15, 0.2) is 30.3 Å². The highest BCUT2D eigenvalue weighted by Gasteiger charge is 2.34. The lowest BCUT2D eigenvalue weighted by molar-refractivity contribution is 0.138. The van der Waals surface area contributed by atoms with Crippen LogP contribution in [0.3, 0.4) is 0 Å². The van der Waals surface area contributed by atoms with Gasteiger partial charge in [0, 0.05) is 12.5 Å². The van der Waals surface area contributed by atoms with Gasteiger partial charge >= 0.3 is 6.09 Å². The summed E-state index contributed by atoms with van der Waals surface area (Å²) in [5.74, 6) is -0.0951. The van der Waals surface area contributed by atoms with Crippen LogP contribution in [0.1, 0.15) is 11.5 Å². The lowest BCUT2D eigenvalue weighted by Crippen LogP contribution is -2.27. The van der Waals surface area contributed by atoms with E-state index < -0.39 is 12.2 Å². The monoisotopic (exact) mass is 207 g/mol. The van der Waals surface area contributed by atoms with E-state index >= 15 is 0 Å². The highest BCUT2D eigenvalue weighted by Crippen LogP contribution is 2.27. The Balaban J connectivity index is 2.15. The number of likely N-dealkylation sites (tertiary alicyclic amines) is 1. The fourth-order valence-corrected chi connectivity index (χ4v) is 1.97. The number of hydrogen-bond donors (Lipinski definition) is 2. The number of aliphatic hydroxyl groups is 1. The van der Waals surface area contributed by atoms with Crippen molar-refractivity contribution >= 4 is 6.09 Å². The first-order chi connectivity index (χ1) is 7.18. The van der Waals surface area contributed by atoms with E-state index in [1.54, 1.807) is 0 Å². The first kappa shape index (κ1) is 9.98. The number of β-amino-alcohol motifs (C(OH)–C–C–N with tert-alkyl or cyclic N) is 1. The van der Waals surface area contributed by atoms with Crippen molar-refractivity contribution in [2.24, 2.45) is 0 Å². The SMILES string of the molecule is O=C(O)N1C[C@H](c2ccccc2)[C@@H](O)C1. The summed E-state index contributed by atoms with van der Waals surface area (Å²) in [6.07, 6.45) is -1.56. The molecule has 0 saturated carbocycles. The number of nitrogens with zero attached hydrogens (tertiary/aromatic N) is 1. The first-order valence-electron chi connectivity index (χ1n) is 4.89. The van der Waals surface area contributed by atoms with E-state index in [9.17, 15) is 9.90 Å². The van der Waals surface area contributed by atoms with E-state index in [2.05, 4.69) is 0 Å². The lowest BCUT2D eigenvalue weighted by Gasteiger charge is -2.13. The summed E-state index contributed by atoms with van der Waals surface area (Å²) in [7, 11) is 0. The predicted molar refractivity (Wildman–Crippen MR) is 54.8 cm³/mol. The smallest absolute Gasteiger partial charge is 0.407 e. The molecule has 1 fully saturated rings. The minimum atomic E-state index is -0.965. The number of amides is 1. The summed E-state index contributed by atoms with van der Waals surface area (Å²) in [5, 5.41) is 18.6. The Morgan fingerprint density at radius 2 is 1.93 bits per heavy atom. The predicted octanol–water partition coefficient (Wildman–Crippen LogP) is 1.12. The molecule has 1 aliphatic rings. The number of carboxylic acid groups (broad SMARTS) is 1. The van der Waals surface area contributed by atoms with Gasteiger partial charge in [-0.1, -0.05) is 30.3 Å². The highest BCUT2D eigenvalue weighted by atomic mass is 16.4. The Labute approximate surface area is 87.8 Å². The van der Waals surface area contributed by atoms with Gasteiger partial charge in [-0.05, 0) is 5.56 Å². The molecule has 4 nitrogen and oxygen atoms in total. The van der Waals surface area contributed by atoms with Gasteiger partial charge in [0.2, 0.25) is 0 Å². The van der Waals surface area contributed by atoms with Crippen molar-refractivity contribution in [1.82, 2.24) is 4.90 Å². The van der Waals surface area contributed by atoms with Crippen molar-refractivity contribution in [3.05, 3.63) is 35.9 Å². The Morgan fingerprint density at radius 1 is 1.27 bits per heavy atom. The number of benzene rings is 1. The summed E-state index contributed by atoms with van der Waals surface area (Å²) in [6, 6.07) is 9.52. The van der Waals surface area contributed by atoms with Crippen LogP contribution in [0.25, 0.3) is 0 Å². The summed E-state index contributed by atoms with van der Waals surface area (Å²) in [4.78, 5) is 12.0. The third-order valence-corrected chi connectivity index (χ3v) is 2.79. The van der Waals surface area contributed by atoms with Gasteiger partial charge in [0.05, 0.1) is 12.6 Å². The van der Waals surface area contributed by atoms with Crippen LogP contribution < -0.4 is 0 Å². The Morgan fingerprint density at radius 3 is 2.47 bits per heavy atom. The quantitative estimate of drug-likeness (QED) is 0.725. The molecule has 0 unspecified atom stereocenters. The van der Waals surface area contributed by atoms with Gasteiger partial charge < -0.3 is 15.1 Å². The molecule has 1 aliphatic heterocycles. The zero-order valence-electron chi connectivity index (χ0n) is 8.21. The van der Waals surface area contributed by atoms with Crippen molar-refractivity contribution in [3.63, 3.8) is 0 Å². The molecule has 80 valence electrons. The minimum Gasteiger partial charge on any atom is -0.465 e. The van der Waals surface area contributed by atoms with Crippen LogP contribution in [-0.2, 0) is 0 Å². The largest absolute Gasteiger partial charge is 0.465 e. The van der Waals surface area contributed by atoms with Crippen LogP contribution in [0, 0.1) is 0 Å². The lowest BCUT2D eigenvalue weighted by atomic mass is 9.96. The molecule has 0 spiro atoms. The molecule has 1 amide bonds. The number of rotatable bonds is 1. The highest BCUT2D eigenvalue weighted by molar-refractivity contribution is 5.65. The topological polar surface area (TPSA) is 60.8 Å². The second kappa shape index (κ2) is 3.90. The molecule has 0 aromatic heterocycles. The maximum Gasteiger partial charge on any atom is 0.407 e. The van der Waals surface area contributed by atoms with Crippen molar-refractivity contribution in [3.8, 4) is 0 Å². The molecule has 15 heavy (non-hydrogen) atoms. The van der Waals surface area contributed by atoms with Gasteiger partial charge in [-0.3, -0.25) is 0 Å². The van der Waals surface area contributed by atoms with Crippen molar-refractivity contribution < 1.29 is 15.0 Å². The number of aliphatic hydroxyl groups excluding tert-OH is 1. The summed E-state index contributed by atoms with van der Waals surface area (Å²) in [6.45, 7) is 0.579. The van der Waals surface area contributed by atoms with Crippen LogP contribution in [0.5, 0.6) is 0 Å². The average Bonchev–Trinajstić information content (AvgIpc) is 2.62. The van der Waals surface area contributed by atoms with E-state index in [-0.39, 0.29) is 12.5 Å². The Kier molecular flexibility index (Phi) is 2.60. The molecular weight excluding hydrogens is 194 g/mol. The third kappa shape index (κ3) is 1.94. The molecule has 2 atom stereocenters. The van der Waals surface area contributed by atoms with Crippen molar-refractivity contribution in [1.29, 1.82) is 0 Å². The van der Waals surface area contributed by atoms with E-state index in [1.165, 1.54) is 4.90 Å². The first-order valence-corrected chi connectivity index (χ1v) is 4.89. The second-order valence-electron chi connectivity index (χ2n) is 3.77. The van der Waals surface area contributed by atoms with Crippen LogP contribution in [0.4, 0.5) is 4.79 Å². The zero-order chi connectivity index (χ0) is 10.8. The fourth-order valence-electron chi connectivity index (χ4n) is 1.97. The van der Waals surface area contributed by atoms with Gasteiger partial charge in [-0.15, -0.1) is 0 Å². The standard InChI is InChI=1S/C11H13NO3/c13-10-7-12(11(14)15)6-9(10)8-4-2-1-3-5-8/h1-5,9-10,13H,6-7H2,(H,14,15)/t9-,10+/m1/s1. The molecule has 1 aromatic carbocycles. The van der Waals surface area contributed by atoms with Gasteiger partial charge in [-0.25, -0.2) is 4.79 Å². The number of carbonyl (C=O) groups is 1. The number of hydrogen-bond acceptors (Lipinski definition) is 2. The molecule has 2 N–H and O–H groups in total. The molecule has 1 aromatic rings. The van der Waals surface area contributed by atoms with E-state index in [4.69, 9.17) is 5.11 Å². The van der Waals surface area contributed by atoms with Crippen LogP contribution in [-0.4, -0.2) is 40.4 Å². The van der Waals surface area contributed by atoms with Gasteiger partial charge in [0.15, 0.2) is 0 Å². The average molecular weight is 207 g/mol. The van der Waals surface area contributed by atoms with Gasteiger partial charge in [0.25, 0.3) is 0 Å². The molecule has 0 radical (unpaired) electrons. The van der Waals surface area contributed by atoms with Crippen molar-refractivity contribution in [2.45, 2.75) is 12.0 Å². The van der Waals surface area contributed by atoms with Crippen LogP contribution >= 0.6 is 0 Å². The summed E-state index contributed by atoms with van der Waals surface area (Å²) >= 11 is 0. The molecule has 1 heterocycles. The van der Waals surface area contributed by atoms with E-state index in [0.717, 1.165) is 5.56 Å². The normalized spacial score (nSPS) is 25.5. The second-order valence-corrected chi connectivity index (χ2v) is 3.77. The van der Waals surface area contributed by atoms with E-state index in [1.807, 2.05) is 30.3 Å². The Bertz CT molecular complexity index is 352. The minimum absolute atomic E-state index is 0.0951. The summed E-state index contributed by atoms with van der Waals surface area (Å²) in [5.41, 5.74) is 0.994. The molecule has 0 bridgehead atoms. The van der Waals surface area contributed by atoms with Crippen LogP contribution in [0.2, 0.25) is 0 Å². The molecule has 0 aliphatic carbocycles. The maximum atomic E-state index is 10.7. The molecule has 4 heteroatoms. The maximum absolute atomic E-state index is 10.7. The van der Waals surface area contributed by atoms with Gasteiger partial charge in [0.1, 0.15) is 0 Å². The van der Waals surface area contributed by atoms with Crippen molar-refractivity contribution in [2.75, 3.05) is 13.1 Å². The Hall–Kier alpha value is -1.55. The van der Waals surface area contributed by atoms with E-state index in [0.29, 0.717) is 6.54 Å². The zero-order valence-corrected chi connectivity index (χ0v) is 8.21. The van der Waals surface area contributed by atoms with Gasteiger partial charge in [-0.2, -0.15) is 0 Å². The molecule has 2 rings (SSSR count). The molecular formula is C11H13NO3. The third-order valence-electron chi connectivity index (χ3n) is 2.79. The summed E-state index contributed by atoms with van der Waals surface area (Å²) < 4.78 is 0.